The first kappa shape index (κ1) is 15.8. The maximum absolute atomic E-state index is 11.8. The molecule has 1 N–H and O–H groups in total. The molecule has 0 fully saturated rings. The lowest BCUT2D eigenvalue weighted by Gasteiger charge is -1.96. The Morgan fingerprint density at radius 3 is 2.74 bits per heavy atom. The van der Waals surface area contributed by atoms with Gasteiger partial charge in [0.05, 0.1) is 16.1 Å². The fourth-order valence-electron chi connectivity index (χ4n) is 1.71. The van der Waals surface area contributed by atoms with Gasteiger partial charge >= 0.3 is 5.69 Å². The number of hydrogen-bond acceptors (Lipinski definition) is 7. The van der Waals surface area contributed by atoms with Gasteiger partial charge in [-0.2, -0.15) is 10.2 Å². The number of aryl methyl sites for hydroxylation is 1. The maximum Gasteiger partial charge on any atom is 0.320 e. The van der Waals surface area contributed by atoms with Crippen molar-refractivity contribution in [3.05, 3.63) is 61.9 Å². The molecule has 0 saturated heterocycles. The number of hydrogen-bond donors (Lipinski definition) is 1. The Labute approximate surface area is 128 Å². The van der Waals surface area contributed by atoms with E-state index < -0.39 is 21.4 Å². The third-order valence-electron chi connectivity index (χ3n) is 2.68. The van der Waals surface area contributed by atoms with Crippen molar-refractivity contribution >= 4 is 23.5 Å². The lowest BCUT2D eigenvalue weighted by Crippen LogP contribution is -2.19. The van der Waals surface area contributed by atoms with E-state index in [0.717, 1.165) is 10.9 Å². The molecule has 1 amide bonds. The molecule has 0 aliphatic carbocycles. The first-order valence-electron chi connectivity index (χ1n) is 6.14. The second-order valence-electron chi connectivity index (χ2n) is 4.34. The van der Waals surface area contributed by atoms with Crippen LogP contribution in [0.25, 0.3) is 0 Å². The van der Waals surface area contributed by atoms with Crippen LogP contribution >= 0.6 is 0 Å². The molecule has 11 heteroatoms. The minimum Gasteiger partial charge on any atom is -0.268 e. The molecular formula is C12H10N6O5. The Morgan fingerprint density at radius 2 is 2.09 bits per heavy atom. The average Bonchev–Trinajstić information content (AvgIpc) is 2.90. The molecule has 2 rings (SSSR count). The van der Waals surface area contributed by atoms with Crippen molar-refractivity contribution in [3.63, 3.8) is 0 Å². The fraction of sp³-hybridized carbons (Fsp3) is 0.0833. The van der Waals surface area contributed by atoms with Gasteiger partial charge in [-0.3, -0.25) is 29.7 Å². The molecule has 1 aromatic carbocycles. The highest BCUT2D eigenvalue weighted by Gasteiger charge is 2.24. The van der Waals surface area contributed by atoms with Crippen molar-refractivity contribution in [2.45, 2.75) is 0 Å². The fourth-order valence-corrected chi connectivity index (χ4v) is 1.71. The predicted octanol–water partition coefficient (Wildman–Crippen LogP) is 1.00. The van der Waals surface area contributed by atoms with Crippen molar-refractivity contribution in [1.29, 1.82) is 0 Å². The van der Waals surface area contributed by atoms with E-state index in [1.807, 2.05) is 0 Å². The van der Waals surface area contributed by atoms with E-state index in [2.05, 4.69) is 15.6 Å². The molecular weight excluding hydrogens is 308 g/mol. The molecule has 0 aliphatic rings. The Hall–Kier alpha value is -3.63. The number of non-ortho nitro benzene ring substituents is 1. The van der Waals surface area contributed by atoms with Crippen LogP contribution in [0.4, 0.5) is 11.4 Å². The van der Waals surface area contributed by atoms with Crippen LogP contribution in [0.5, 0.6) is 0 Å². The molecule has 0 bridgehead atoms. The topological polar surface area (TPSA) is 146 Å². The SMILES string of the molecule is Cn1cc([N+](=O)[O-])c(C(=O)N/N=C\c2cccc([N+](=O)[O-])c2)n1. The first-order valence-corrected chi connectivity index (χ1v) is 6.14. The number of nitro benzene ring substituents is 1. The third-order valence-corrected chi connectivity index (χ3v) is 2.68. The highest BCUT2D eigenvalue weighted by Crippen LogP contribution is 2.15. The second-order valence-corrected chi connectivity index (χ2v) is 4.34. The Bertz CT molecular complexity index is 812. The molecule has 0 aliphatic heterocycles. The molecule has 0 atom stereocenters. The van der Waals surface area contributed by atoms with Crippen molar-refractivity contribution in [2.24, 2.45) is 12.1 Å². The van der Waals surface area contributed by atoms with Crippen molar-refractivity contribution in [1.82, 2.24) is 15.2 Å². The van der Waals surface area contributed by atoms with E-state index in [9.17, 15) is 25.0 Å². The van der Waals surface area contributed by atoms with Crippen LogP contribution in [0.1, 0.15) is 16.1 Å². The van der Waals surface area contributed by atoms with Gasteiger partial charge in [0.15, 0.2) is 0 Å². The van der Waals surface area contributed by atoms with Gasteiger partial charge in [0.25, 0.3) is 11.6 Å². The Kier molecular flexibility index (Phi) is 4.40. The second kappa shape index (κ2) is 6.43. The van der Waals surface area contributed by atoms with Gasteiger partial charge in [-0.05, 0) is 0 Å². The van der Waals surface area contributed by atoms with E-state index in [-0.39, 0.29) is 11.4 Å². The summed E-state index contributed by atoms with van der Waals surface area (Å²) in [4.78, 5) is 32.0. The highest BCUT2D eigenvalue weighted by molar-refractivity contribution is 5.96. The van der Waals surface area contributed by atoms with Gasteiger partial charge < -0.3 is 0 Å². The van der Waals surface area contributed by atoms with Gasteiger partial charge in [0.2, 0.25) is 5.69 Å². The highest BCUT2D eigenvalue weighted by atomic mass is 16.6. The first-order chi connectivity index (χ1) is 10.9. The molecule has 0 spiro atoms. The number of amides is 1. The molecule has 0 saturated carbocycles. The lowest BCUT2D eigenvalue weighted by molar-refractivity contribution is -0.385. The van der Waals surface area contributed by atoms with Crippen LogP contribution in [0.3, 0.4) is 0 Å². The molecule has 0 radical (unpaired) electrons. The summed E-state index contributed by atoms with van der Waals surface area (Å²) in [6, 6.07) is 5.59. The van der Waals surface area contributed by atoms with E-state index in [0.29, 0.717) is 5.56 Å². The van der Waals surface area contributed by atoms with Crippen molar-refractivity contribution in [3.8, 4) is 0 Å². The van der Waals surface area contributed by atoms with Gasteiger partial charge in [0, 0.05) is 24.7 Å². The maximum atomic E-state index is 11.8. The standard InChI is InChI=1S/C12H10N6O5/c1-16-7-10(18(22)23)11(15-16)12(19)14-13-6-8-3-2-4-9(5-8)17(20)21/h2-7H,1H3,(H,14,19)/b13-6-. The van der Waals surface area contributed by atoms with Crippen LogP contribution in [0.15, 0.2) is 35.6 Å². The molecule has 11 nitrogen and oxygen atoms in total. The summed E-state index contributed by atoms with van der Waals surface area (Å²) >= 11 is 0. The van der Waals surface area contributed by atoms with E-state index in [4.69, 9.17) is 0 Å². The van der Waals surface area contributed by atoms with Crippen LogP contribution in [0.2, 0.25) is 0 Å². The van der Waals surface area contributed by atoms with Gasteiger partial charge in [-0.1, -0.05) is 12.1 Å². The number of benzene rings is 1. The zero-order valence-electron chi connectivity index (χ0n) is 11.7. The number of hydrazone groups is 1. The Morgan fingerprint density at radius 1 is 1.35 bits per heavy atom. The summed E-state index contributed by atoms with van der Waals surface area (Å²) in [6.45, 7) is 0. The van der Waals surface area contributed by atoms with Crippen LogP contribution < -0.4 is 5.43 Å². The number of carbonyl (C=O) groups is 1. The lowest BCUT2D eigenvalue weighted by atomic mass is 10.2. The average molecular weight is 318 g/mol. The summed E-state index contributed by atoms with van der Waals surface area (Å²) in [6.07, 6.45) is 2.28. The van der Waals surface area contributed by atoms with Crippen molar-refractivity contribution in [2.75, 3.05) is 0 Å². The van der Waals surface area contributed by atoms with Crippen LogP contribution in [0, 0.1) is 20.2 Å². The van der Waals surface area contributed by atoms with Gasteiger partial charge in [-0.15, -0.1) is 0 Å². The number of nitro groups is 2. The van der Waals surface area contributed by atoms with E-state index in [1.54, 1.807) is 6.07 Å². The molecule has 118 valence electrons. The van der Waals surface area contributed by atoms with Crippen LogP contribution in [-0.4, -0.2) is 31.7 Å². The number of rotatable bonds is 5. The molecule has 0 unspecified atom stereocenters. The zero-order chi connectivity index (χ0) is 17.0. The summed E-state index contributed by atoms with van der Waals surface area (Å²) in [5.74, 6) is -0.862. The summed E-state index contributed by atoms with van der Waals surface area (Å²) in [5.41, 5.74) is 1.52. The minimum absolute atomic E-state index is 0.124. The van der Waals surface area contributed by atoms with Gasteiger partial charge in [0.1, 0.15) is 6.20 Å². The normalized spacial score (nSPS) is 10.7. The monoisotopic (exact) mass is 318 g/mol. The minimum atomic E-state index is -0.862. The predicted molar refractivity (Wildman–Crippen MR) is 78.0 cm³/mol. The number of nitrogens with zero attached hydrogens (tertiary/aromatic N) is 5. The van der Waals surface area contributed by atoms with E-state index in [1.165, 1.54) is 31.5 Å². The largest absolute Gasteiger partial charge is 0.320 e. The Balaban J connectivity index is 2.11. The quantitative estimate of drug-likeness (QED) is 0.494. The zero-order valence-corrected chi connectivity index (χ0v) is 11.7. The third kappa shape index (κ3) is 3.72. The molecule has 1 heterocycles. The smallest absolute Gasteiger partial charge is 0.268 e. The number of nitrogens with one attached hydrogen (secondary N) is 1. The summed E-state index contributed by atoms with van der Waals surface area (Å²) in [7, 11) is 1.44. The molecule has 2 aromatic rings. The number of carbonyl (C=O) groups excluding carboxylic acids is 1. The summed E-state index contributed by atoms with van der Waals surface area (Å²) in [5, 5.41) is 28.8. The van der Waals surface area contributed by atoms with Crippen molar-refractivity contribution < 1.29 is 14.6 Å². The number of aromatic nitrogens is 2. The summed E-state index contributed by atoms with van der Waals surface area (Å²) < 4.78 is 1.14. The van der Waals surface area contributed by atoms with E-state index >= 15 is 0 Å². The molecule has 23 heavy (non-hydrogen) atoms. The molecule has 1 aromatic heterocycles. The van der Waals surface area contributed by atoms with Gasteiger partial charge in [-0.25, -0.2) is 5.43 Å². The van der Waals surface area contributed by atoms with Crippen LogP contribution in [-0.2, 0) is 7.05 Å².